The number of aliphatic hydroxyl groups is 1. The van der Waals surface area contributed by atoms with E-state index >= 15 is 0 Å². The quantitative estimate of drug-likeness (QED) is 0.533. The predicted octanol–water partition coefficient (Wildman–Crippen LogP) is 1.97. The second kappa shape index (κ2) is 9.65. The van der Waals surface area contributed by atoms with Crippen molar-refractivity contribution in [2.24, 2.45) is 0 Å². The van der Waals surface area contributed by atoms with E-state index in [4.69, 9.17) is 9.47 Å². The maximum Gasteiger partial charge on any atom is 0.273 e. The Morgan fingerprint density at radius 3 is 2.69 bits per heavy atom. The molecular weight excluding hydrogens is 379 g/mol. The fourth-order valence-corrected chi connectivity index (χ4v) is 2.67. The van der Waals surface area contributed by atoms with Gasteiger partial charge in [-0.05, 0) is 18.2 Å². The molecular formula is C20H21FN4O4. The van der Waals surface area contributed by atoms with Crippen molar-refractivity contribution in [2.45, 2.75) is 12.6 Å². The molecule has 0 bridgehead atoms. The molecule has 2 aromatic carbocycles. The Balaban J connectivity index is 1.48. The predicted molar refractivity (Wildman–Crippen MR) is 102 cm³/mol. The molecule has 1 amide bonds. The number of aliphatic hydroxyl groups excluding tert-OH is 1. The van der Waals surface area contributed by atoms with Gasteiger partial charge in [0.25, 0.3) is 5.91 Å². The lowest BCUT2D eigenvalue weighted by molar-refractivity contribution is 0.0941. The smallest absolute Gasteiger partial charge is 0.273 e. The molecule has 152 valence electrons. The Morgan fingerprint density at radius 2 is 1.93 bits per heavy atom. The van der Waals surface area contributed by atoms with E-state index in [0.29, 0.717) is 11.5 Å². The van der Waals surface area contributed by atoms with Crippen LogP contribution >= 0.6 is 0 Å². The minimum atomic E-state index is -1.11. The second-order valence-corrected chi connectivity index (χ2v) is 6.12. The highest BCUT2D eigenvalue weighted by Gasteiger charge is 2.16. The van der Waals surface area contributed by atoms with Crippen LogP contribution in [0, 0.1) is 5.82 Å². The number of benzene rings is 2. The van der Waals surface area contributed by atoms with Gasteiger partial charge in [-0.1, -0.05) is 35.5 Å². The van der Waals surface area contributed by atoms with Crippen molar-refractivity contribution in [2.75, 3.05) is 20.3 Å². The van der Waals surface area contributed by atoms with Crippen LogP contribution < -0.4 is 14.8 Å². The number of hydrogen-bond donors (Lipinski definition) is 2. The van der Waals surface area contributed by atoms with Gasteiger partial charge in [-0.15, -0.1) is 5.10 Å². The van der Waals surface area contributed by atoms with Crippen LogP contribution in [0.15, 0.2) is 54.7 Å². The molecule has 0 aliphatic rings. The molecule has 0 unspecified atom stereocenters. The number of rotatable bonds is 9. The van der Waals surface area contributed by atoms with E-state index in [2.05, 4.69) is 15.6 Å². The second-order valence-electron chi connectivity index (χ2n) is 6.12. The Bertz CT molecular complexity index is 963. The number of hydrogen-bond acceptors (Lipinski definition) is 6. The number of carbonyl (C=O) groups is 1. The highest BCUT2D eigenvalue weighted by atomic mass is 19.1. The zero-order valence-corrected chi connectivity index (χ0v) is 15.8. The third-order valence-electron chi connectivity index (χ3n) is 4.11. The zero-order chi connectivity index (χ0) is 20.6. The Labute approximate surface area is 166 Å². The lowest BCUT2D eigenvalue weighted by Gasteiger charge is -2.11. The summed E-state index contributed by atoms with van der Waals surface area (Å²) in [6, 6.07) is 13.1. The third kappa shape index (κ3) is 5.29. The molecule has 0 fully saturated rings. The lowest BCUT2D eigenvalue weighted by atomic mass is 10.1. The van der Waals surface area contributed by atoms with E-state index in [9.17, 15) is 14.3 Å². The van der Waals surface area contributed by atoms with E-state index in [-0.39, 0.29) is 31.0 Å². The van der Waals surface area contributed by atoms with Gasteiger partial charge in [-0.2, -0.15) is 0 Å². The Morgan fingerprint density at radius 1 is 1.21 bits per heavy atom. The molecule has 8 nitrogen and oxygen atoms in total. The maximum absolute atomic E-state index is 13.7. The zero-order valence-electron chi connectivity index (χ0n) is 15.8. The molecule has 0 aliphatic carbocycles. The van der Waals surface area contributed by atoms with Gasteiger partial charge >= 0.3 is 0 Å². The molecule has 2 N–H and O–H groups in total. The summed E-state index contributed by atoms with van der Waals surface area (Å²) in [5.74, 6) is 0.251. The minimum absolute atomic E-state index is 0.0296. The van der Waals surface area contributed by atoms with Gasteiger partial charge in [-0.3, -0.25) is 4.79 Å². The summed E-state index contributed by atoms with van der Waals surface area (Å²) in [5, 5.41) is 20.4. The van der Waals surface area contributed by atoms with Crippen LogP contribution in [-0.4, -0.2) is 46.3 Å². The SMILES string of the molecule is COc1ccccc1OCCNC(=O)c1cn(C[C@H](O)c2ccccc2F)nn1. The van der Waals surface area contributed by atoms with E-state index in [1.165, 1.54) is 23.0 Å². The van der Waals surface area contributed by atoms with Crippen molar-refractivity contribution in [3.05, 3.63) is 71.8 Å². The van der Waals surface area contributed by atoms with Crippen LogP contribution in [0.25, 0.3) is 0 Å². The van der Waals surface area contributed by atoms with E-state index < -0.39 is 17.8 Å². The molecule has 0 aliphatic heterocycles. The maximum atomic E-state index is 13.7. The lowest BCUT2D eigenvalue weighted by Crippen LogP contribution is -2.28. The van der Waals surface area contributed by atoms with Crippen molar-refractivity contribution in [1.29, 1.82) is 0 Å². The van der Waals surface area contributed by atoms with Crippen molar-refractivity contribution in [1.82, 2.24) is 20.3 Å². The largest absolute Gasteiger partial charge is 0.493 e. The molecule has 9 heteroatoms. The van der Waals surface area contributed by atoms with Crippen LogP contribution in [0.2, 0.25) is 0 Å². The van der Waals surface area contributed by atoms with Gasteiger partial charge < -0.3 is 19.9 Å². The van der Waals surface area contributed by atoms with Crippen molar-refractivity contribution < 1.29 is 23.8 Å². The van der Waals surface area contributed by atoms with Crippen LogP contribution in [-0.2, 0) is 6.54 Å². The van der Waals surface area contributed by atoms with Gasteiger partial charge in [0.2, 0.25) is 0 Å². The first kappa shape index (κ1) is 20.3. The third-order valence-corrected chi connectivity index (χ3v) is 4.11. The minimum Gasteiger partial charge on any atom is -0.493 e. The van der Waals surface area contributed by atoms with Gasteiger partial charge in [0.1, 0.15) is 18.5 Å². The number of ether oxygens (including phenoxy) is 2. The first-order valence-electron chi connectivity index (χ1n) is 8.95. The molecule has 1 heterocycles. The molecule has 0 saturated heterocycles. The fourth-order valence-electron chi connectivity index (χ4n) is 2.67. The molecule has 0 radical (unpaired) electrons. The van der Waals surface area contributed by atoms with Gasteiger partial charge in [0.05, 0.1) is 26.4 Å². The van der Waals surface area contributed by atoms with E-state index in [1.54, 1.807) is 31.4 Å². The van der Waals surface area contributed by atoms with Gasteiger partial charge in [0, 0.05) is 5.56 Å². The summed E-state index contributed by atoms with van der Waals surface area (Å²) >= 11 is 0. The normalized spacial score (nSPS) is 11.7. The number of nitrogens with zero attached hydrogens (tertiary/aromatic N) is 3. The van der Waals surface area contributed by atoms with Crippen molar-refractivity contribution in [3.8, 4) is 11.5 Å². The summed E-state index contributed by atoms with van der Waals surface area (Å²) in [5.41, 5.74) is 0.241. The molecule has 29 heavy (non-hydrogen) atoms. The average molecular weight is 400 g/mol. The Hall–Kier alpha value is -3.46. The molecule has 0 saturated carbocycles. The number of para-hydroxylation sites is 2. The van der Waals surface area contributed by atoms with Crippen LogP contribution in [0.5, 0.6) is 11.5 Å². The number of nitrogens with one attached hydrogen (secondary N) is 1. The summed E-state index contributed by atoms with van der Waals surface area (Å²) in [6.07, 6.45) is 0.281. The molecule has 1 aromatic heterocycles. The van der Waals surface area contributed by atoms with Crippen molar-refractivity contribution >= 4 is 5.91 Å². The van der Waals surface area contributed by atoms with Crippen LogP contribution in [0.3, 0.4) is 0 Å². The van der Waals surface area contributed by atoms with E-state index in [1.807, 2.05) is 12.1 Å². The number of halogens is 1. The highest BCUT2D eigenvalue weighted by molar-refractivity contribution is 5.91. The highest BCUT2D eigenvalue weighted by Crippen LogP contribution is 2.25. The summed E-state index contributed by atoms with van der Waals surface area (Å²) < 4.78 is 25.8. The number of amides is 1. The number of aromatic nitrogens is 3. The topological polar surface area (TPSA) is 98.5 Å². The Kier molecular flexibility index (Phi) is 6.75. The molecule has 1 atom stereocenters. The monoisotopic (exact) mass is 400 g/mol. The molecule has 3 rings (SSSR count). The first-order valence-corrected chi connectivity index (χ1v) is 8.95. The molecule has 3 aromatic rings. The number of carbonyl (C=O) groups excluding carboxylic acids is 1. The fraction of sp³-hybridized carbons (Fsp3) is 0.250. The summed E-state index contributed by atoms with van der Waals surface area (Å²) in [7, 11) is 1.55. The van der Waals surface area contributed by atoms with Crippen LogP contribution in [0.1, 0.15) is 22.2 Å². The van der Waals surface area contributed by atoms with Crippen LogP contribution in [0.4, 0.5) is 4.39 Å². The van der Waals surface area contributed by atoms with Crippen molar-refractivity contribution in [3.63, 3.8) is 0 Å². The van der Waals surface area contributed by atoms with Gasteiger partial charge in [-0.25, -0.2) is 9.07 Å². The summed E-state index contributed by atoms with van der Waals surface area (Å²) in [6.45, 7) is 0.464. The average Bonchev–Trinajstić information content (AvgIpc) is 3.20. The van der Waals surface area contributed by atoms with E-state index in [0.717, 1.165) is 0 Å². The van der Waals surface area contributed by atoms with Gasteiger partial charge in [0.15, 0.2) is 17.2 Å². The summed E-state index contributed by atoms with van der Waals surface area (Å²) in [4.78, 5) is 12.2. The standard InChI is InChI=1S/C20H21FN4O4/c1-28-18-8-4-5-9-19(18)29-11-10-22-20(27)16-12-25(24-23-16)13-17(26)14-6-2-3-7-15(14)21/h2-9,12,17,26H,10-11,13H2,1H3,(H,22,27)/t17-/m0/s1. The first-order chi connectivity index (χ1) is 14.1. The molecule has 0 spiro atoms. The number of methoxy groups -OCH3 is 1.